The van der Waals surface area contributed by atoms with E-state index in [0.717, 1.165) is 54.6 Å². The van der Waals surface area contributed by atoms with Gasteiger partial charge in [0.25, 0.3) is 5.91 Å². The third kappa shape index (κ3) is 3.25. The molecular weight excluding hydrogens is 344 g/mol. The van der Waals surface area contributed by atoms with Crippen molar-refractivity contribution in [3.8, 4) is 0 Å². The second-order valence-electron chi connectivity index (χ2n) is 5.53. The summed E-state index contributed by atoms with van der Waals surface area (Å²) >= 11 is 3.44. The molecule has 0 aliphatic carbocycles. The number of fused-ring (bicyclic) bond motifs is 1. The Hall–Kier alpha value is -1.59. The Bertz CT molecular complexity index is 695. The van der Waals surface area contributed by atoms with E-state index in [1.165, 1.54) is 0 Å². The van der Waals surface area contributed by atoms with E-state index < -0.39 is 0 Å². The van der Waals surface area contributed by atoms with Crippen LogP contribution >= 0.6 is 15.9 Å². The van der Waals surface area contributed by atoms with Gasteiger partial charge in [-0.05, 0) is 30.7 Å². The average molecular weight is 363 g/mol. The number of rotatable bonds is 3. The van der Waals surface area contributed by atoms with Gasteiger partial charge in [0.2, 0.25) is 0 Å². The quantitative estimate of drug-likeness (QED) is 0.783. The molecule has 1 aliphatic rings. The highest BCUT2D eigenvalue weighted by atomic mass is 79.9. The minimum atomic E-state index is -0.0206. The van der Waals surface area contributed by atoms with Gasteiger partial charge in [-0.3, -0.25) is 9.69 Å². The van der Waals surface area contributed by atoms with Gasteiger partial charge in [-0.2, -0.15) is 0 Å². The van der Waals surface area contributed by atoms with Crippen LogP contribution in [0.1, 0.15) is 17.0 Å². The van der Waals surface area contributed by atoms with Crippen molar-refractivity contribution < 1.29 is 9.21 Å². The van der Waals surface area contributed by atoms with E-state index in [-0.39, 0.29) is 5.91 Å². The first kappa shape index (κ1) is 15.3. The number of benzene rings is 1. The molecule has 0 bridgehead atoms. The number of nitrogens with zero attached hydrogens (tertiary/aromatic N) is 2. The number of halogens is 1. The lowest BCUT2D eigenvalue weighted by Crippen LogP contribution is -2.35. The van der Waals surface area contributed by atoms with Gasteiger partial charge in [-0.15, -0.1) is 6.58 Å². The first-order valence-corrected chi connectivity index (χ1v) is 8.28. The highest BCUT2D eigenvalue weighted by molar-refractivity contribution is 9.10. The number of hydrogen-bond donors (Lipinski definition) is 0. The SMILES string of the molecule is C=CCN1CCCN(C(=O)c2cc3cc(Br)ccc3o2)CC1. The van der Waals surface area contributed by atoms with Crippen LogP contribution in [-0.2, 0) is 0 Å². The number of amides is 1. The fraction of sp³-hybridized carbons (Fsp3) is 0.353. The predicted molar refractivity (Wildman–Crippen MR) is 91.1 cm³/mol. The molecule has 0 atom stereocenters. The summed E-state index contributed by atoms with van der Waals surface area (Å²) < 4.78 is 6.69. The van der Waals surface area contributed by atoms with Crippen LogP contribution in [0.5, 0.6) is 0 Å². The van der Waals surface area contributed by atoms with Crippen molar-refractivity contribution in [1.29, 1.82) is 0 Å². The molecule has 3 rings (SSSR count). The molecule has 1 aromatic carbocycles. The van der Waals surface area contributed by atoms with Crippen molar-refractivity contribution in [2.75, 3.05) is 32.7 Å². The predicted octanol–water partition coefficient (Wildman–Crippen LogP) is 3.53. The normalized spacial score (nSPS) is 16.7. The fourth-order valence-electron chi connectivity index (χ4n) is 2.81. The van der Waals surface area contributed by atoms with Crippen LogP contribution in [0.4, 0.5) is 0 Å². The summed E-state index contributed by atoms with van der Waals surface area (Å²) in [6.45, 7) is 8.04. The first-order chi connectivity index (χ1) is 10.7. The largest absolute Gasteiger partial charge is 0.451 e. The van der Waals surface area contributed by atoms with Crippen LogP contribution in [0.2, 0.25) is 0 Å². The van der Waals surface area contributed by atoms with E-state index in [2.05, 4.69) is 27.4 Å². The highest BCUT2D eigenvalue weighted by Gasteiger charge is 2.22. The molecule has 1 aliphatic heterocycles. The minimum absolute atomic E-state index is 0.0206. The van der Waals surface area contributed by atoms with E-state index in [4.69, 9.17) is 4.42 Å². The number of carbonyl (C=O) groups is 1. The van der Waals surface area contributed by atoms with Crippen molar-refractivity contribution in [1.82, 2.24) is 9.80 Å². The molecule has 1 saturated heterocycles. The zero-order valence-electron chi connectivity index (χ0n) is 12.4. The van der Waals surface area contributed by atoms with Gasteiger partial charge < -0.3 is 9.32 Å². The third-order valence-electron chi connectivity index (χ3n) is 3.95. The molecule has 5 heteroatoms. The van der Waals surface area contributed by atoms with Crippen LogP contribution in [0.3, 0.4) is 0 Å². The molecule has 1 fully saturated rings. The molecule has 116 valence electrons. The minimum Gasteiger partial charge on any atom is -0.451 e. The Balaban J connectivity index is 1.75. The standard InChI is InChI=1S/C17H19BrN2O2/c1-2-6-19-7-3-8-20(10-9-19)17(21)16-12-13-11-14(18)4-5-15(13)22-16/h2,4-5,11-12H,1,3,6-10H2. The van der Waals surface area contributed by atoms with Crippen LogP contribution < -0.4 is 0 Å². The summed E-state index contributed by atoms with van der Waals surface area (Å²) in [5.41, 5.74) is 0.745. The Labute approximate surface area is 138 Å². The molecule has 0 spiro atoms. The molecule has 22 heavy (non-hydrogen) atoms. The van der Waals surface area contributed by atoms with Crippen LogP contribution in [0.25, 0.3) is 11.0 Å². The molecule has 0 unspecified atom stereocenters. The van der Waals surface area contributed by atoms with Gasteiger partial charge >= 0.3 is 0 Å². The molecular formula is C17H19BrN2O2. The maximum absolute atomic E-state index is 12.7. The first-order valence-electron chi connectivity index (χ1n) is 7.49. The van der Waals surface area contributed by atoms with E-state index in [0.29, 0.717) is 5.76 Å². The summed E-state index contributed by atoms with van der Waals surface area (Å²) in [6.07, 6.45) is 2.89. The Morgan fingerprint density at radius 3 is 2.95 bits per heavy atom. The highest BCUT2D eigenvalue weighted by Crippen LogP contribution is 2.24. The lowest BCUT2D eigenvalue weighted by molar-refractivity contribution is 0.0732. The number of carbonyl (C=O) groups excluding carboxylic acids is 1. The van der Waals surface area contributed by atoms with Gasteiger partial charge in [0, 0.05) is 42.6 Å². The second kappa shape index (κ2) is 6.67. The zero-order valence-corrected chi connectivity index (χ0v) is 14.0. The maximum atomic E-state index is 12.7. The topological polar surface area (TPSA) is 36.7 Å². The van der Waals surface area contributed by atoms with Crippen molar-refractivity contribution in [3.05, 3.63) is 47.2 Å². The molecule has 0 saturated carbocycles. The molecule has 2 heterocycles. The third-order valence-corrected chi connectivity index (χ3v) is 4.45. The molecule has 2 aromatic rings. The molecule has 4 nitrogen and oxygen atoms in total. The summed E-state index contributed by atoms with van der Waals surface area (Å²) in [4.78, 5) is 16.9. The number of furan rings is 1. The Morgan fingerprint density at radius 2 is 2.14 bits per heavy atom. The van der Waals surface area contributed by atoms with Gasteiger partial charge in [-0.25, -0.2) is 0 Å². The summed E-state index contributed by atoms with van der Waals surface area (Å²) in [5.74, 6) is 0.401. The van der Waals surface area contributed by atoms with Crippen LogP contribution in [0, 0.1) is 0 Å². The van der Waals surface area contributed by atoms with Crippen LogP contribution in [0.15, 0.2) is 45.8 Å². The van der Waals surface area contributed by atoms with E-state index in [1.54, 1.807) is 0 Å². The molecule has 1 aromatic heterocycles. The Morgan fingerprint density at radius 1 is 1.27 bits per heavy atom. The summed E-state index contributed by atoms with van der Waals surface area (Å²) in [5, 5.41) is 0.945. The van der Waals surface area contributed by atoms with Crippen molar-refractivity contribution >= 4 is 32.8 Å². The van der Waals surface area contributed by atoms with Gasteiger partial charge in [0.05, 0.1) is 0 Å². The van der Waals surface area contributed by atoms with Crippen LogP contribution in [-0.4, -0.2) is 48.4 Å². The zero-order chi connectivity index (χ0) is 15.5. The molecule has 0 N–H and O–H groups in total. The maximum Gasteiger partial charge on any atom is 0.289 e. The van der Waals surface area contributed by atoms with Gasteiger partial charge in [-0.1, -0.05) is 22.0 Å². The smallest absolute Gasteiger partial charge is 0.289 e. The van der Waals surface area contributed by atoms with E-state index in [1.807, 2.05) is 35.2 Å². The lowest BCUT2D eigenvalue weighted by atomic mass is 10.2. The van der Waals surface area contributed by atoms with Crippen molar-refractivity contribution in [2.45, 2.75) is 6.42 Å². The Kier molecular flexibility index (Phi) is 4.64. The van der Waals surface area contributed by atoms with E-state index >= 15 is 0 Å². The monoisotopic (exact) mass is 362 g/mol. The van der Waals surface area contributed by atoms with Crippen molar-refractivity contribution in [3.63, 3.8) is 0 Å². The van der Waals surface area contributed by atoms with E-state index in [9.17, 15) is 4.79 Å². The average Bonchev–Trinajstić information content (AvgIpc) is 2.78. The summed E-state index contributed by atoms with van der Waals surface area (Å²) in [7, 11) is 0. The summed E-state index contributed by atoms with van der Waals surface area (Å²) in [6, 6.07) is 7.59. The second-order valence-corrected chi connectivity index (χ2v) is 6.44. The van der Waals surface area contributed by atoms with Crippen molar-refractivity contribution in [2.24, 2.45) is 0 Å². The fourth-order valence-corrected chi connectivity index (χ4v) is 3.19. The molecule has 1 amide bonds. The number of hydrogen-bond acceptors (Lipinski definition) is 3. The van der Waals surface area contributed by atoms with Gasteiger partial charge in [0.15, 0.2) is 5.76 Å². The van der Waals surface area contributed by atoms with Gasteiger partial charge in [0.1, 0.15) is 5.58 Å². The molecule has 0 radical (unpaired) electrons. The lowest BCUT2D eigenvalue weighted by Gasteiger charge is -2.20.